The Morgan fingerprint density at radius 1 is 1.30 bits per heavy atom. The number of hydrogen-bond acceptors (Lipinski definition) is 2. The molecule has 1 aliphatic heterocycles. The van der Waals surface area contributed by atoms with Crippen molar-refractivity contribution in [3.05, 3.63) is 58.6 Å². The first kappa shape index (κ1) is 13.0. The van der Waals surface area contributed by atoms with Crippen LogP contribution >= 0.6 is 0 Å². The number of allylic oxidation sites excluding steroid dienone is 4. The number of aliphatic imine (C=N–C) groups is 1. The molecular formula is C17H16FNO. The van der Waals surface area contributed by atoms with Crippen LogP contribution < -0.4 is 0 Å². The molecule has 0 saturated carbocycles. The third kappa shape index (κ3) is 2.04. The predicted octanol–water partition coefficient (Wildman–Crippen LogP) is 3.74. The molecule has 0 aromatic heterocycles. The van der Waals surface area contributed by atoms with E-state index in [1.54, 1.807) is 12.3 Å². The monoisotopic (exact) mass is 269 g/mol. The number of aliphatic hydroxyl groups is 1. The van der Waals surface area contributed by atoms with Crippen molar-refractivity contribution >= 4 is 17.4 Å². The van der Waals surface area contributed by atoms with Crippen LogP contribution in [0.2, 0.25) is 0 Å². The van der Waals surface area contributed by atoms with E-state index in [9.17, 15) is 9.50 Å². The molecule has 1 aliphatic carbocycles. The van der Waals surface area contributed by atoms with E-state index in [-0.39, 0.29) is 12.4 Å². The first-order valence-corrected chi connectivity index (χ1v) is 6.75. The summed E-state index contributed by atoms with van der Waals surface area (Å²) < 4.78 is 13.5. The molecule has 102 valence electrons. The van der Waals surface area contributed by atoms with Crippen molar-refractivity contribution in [1.82, 2.24) is 0 Å². The van der Waals surface area contributed by atoms with E-state index in [2.05, 4.69) is 4.99 Å². The zero-order chi connectivity index (χ0) is 14.1. The van der Waals surface area contributed by atoms with Gasteiger partial charge in [-0.15, -0.1) is 0 Å². The average molecular weight is 269 g/mol. The van der Waals surface area contributed by atoms with Crippen LogP contribution in [0.3, 0.4) is 0 Å². The van der Waals surface area contributed by atoms with Crippen molar-refractivity contribution in [2.75, 3.05) is 6.61 Å². The summed E-state index contributed by atoms with van der Waals surface area (Å²) in [5, 5.41) is 9.25. The summed E-state index contributed by atoms with van der Waals surface area (Å²) in [4.78, 5) is 4.19. The topological polar surface area (TPSA) is 32.6 Å². The molecule has 0 amide bonds. The van der Waals surface area contributed by atoms with Gasteiger partial charge < -0.3 is 5.11 Å². The molecule has 1 aromatic rings. The Bertz CT molecular complexity index is 680. The first-order valence-electron chi connectivity index (χ1n) is 6.75. The number of fused-ring (bicyclic) bond motifs is 1. The molecule has 3 rings (SSSR count). The molecule has 0 bridgehead atoms. The summed E-state index contributed by atoms with van der Waals surface area (Å²) in [5.41, 5.74) is 6.39. The van der Waals surface area contributed by atoms with Crippen LogP contribution in [0, 0.1) is 5.82 Å². The Morgan fingerprint density at radius 2 is 2.15 bits per heavy atom. The quantitative estimate of drug-likeness (QED) is 0.871. The fraction of sp³-hybridized carbons (Fsp3) is 0.235. The van der Waals surface area contributed by atoms with Crippen LogP contribution in [-0.4, -0.2) is 17.9 Å². The minimum atomic E-state index is -0.240. The van der Waals surface area contributed by atoms with Gasteiger partial charge in [0, 0.05) is 19.0 Å². The maximum absolute atomic E-state index is 13.5. The Labute approximate surface area is 117 Å². The van der Waals surface area contributed by atoms with Crippen molar-refractivity contribution in [3.8, 4) is 0 Å². The fourth-order valence-corrected chi connectivity index (χ4v) is 2.98. The third-order valence-corrected chi connectivity index (χ3v) is 3.85. The van der Waals surface area contributed by atoms with Gasteiger partial charge in [-0.05, 0) is 65.3 Å². The lowest BCUT2D eigenvalue weighted by Gasteiger charge is -2.10. The van der Waals surface area contributed by atoms with E-state index >= 15 is 0 Å². The van der Waals surface area contributed by atoms with Gasteiger partial charge in [0.05, 0.1) is 0 Å². The molecule has 2 aliphatic rings. The summed E-state index contributed by atoms with van der Waals surface area (Å²) in [7, 11) is 0. The molecule has 1 heterocycles. The second-order valence-corrected chi connectivity index (χ2v) is 5.03. The zero-order valence-corrected chi connectivity index (χ0v) is 11.4. The molecule has 1 N–H and O–H groups in total. The van der Waals surface area contributed by atoms with E-state index in [4.69, 9.17) is 0 Å². The second-order valence-electron chi connectivity index (χ2n) is 5.03. The molecule has 0 atom stereocenters. The van der Waals surface area contributed by atoms with Crippen LogP contribution in [0.4, 0.5) is 4.39 Å². The van der Waals surface area contributed by atoms with E-state index in [0.29, 0.717) is 6.42 Å². The molecule has 0 saturated heterocycles. The van der Waals surface area contributed by atoms with Crippen molar-refractivity contribution in [1.29, 1.82) is 0 Å². The minimum Gasteiger partial charge on any atom is -0.396 e. The maximum atomic E-state index is 13.5. The average Bonchev–Trinajstić information content (AvgIpc) is 2.73. The van der Waals surface area contributed by atoms with Gasteiger partial charge in [-0.3, -0.25) is 4.99 Å². The van der Waals surface area contributed by atoms with Gasteiger partial charge in [-0.1, -0.05) is 12.1 Å². The summed E-state index contributed by atoms with van der Waals surface area (Å²) in [6, 6.07) is 4.88. The number of aliphatic hydroxyl groups excluding tert-OH is 1. The molecule has 20 heavy (non-hydrogen) atoms. The van der Waals surface area contributed by atoms with Crippen LogP contribution in [0.25, 0.3) is 11.1 Å². The number of nitrogens with zero attached hydrogens (tertiary/aromatic N) is 1. The maximum Gasteiger partial charge on any atom is 0.123 e. The zero-order valence-electron chi connectivity index (χ0n) is 11.4. The van der Waals surface area contributed by atoms with Gasteiger partial charge in [0.2, 0.25) is 0 Å². The van der Waals surface area contributed by atoms with E-state index in [1.165, 1.54) is 6.07 Å². The lowest BCUT2D eigenvalue weighted by atomic mass is 9.95. The molecule has 0 spiro atoms. The second kappa shape index (κ2) is 5.17. The Hall–Kier alpha value is -2.00. The highest BCUT2D eigenvalue weighted by atomic mass is 19.1. The summed E-state index contributed by atoms with van der Waals surface area (Å²) >= 11 is 0. The molecule has 0 radical (unpaired) electrons. The highest BCUT2D eigenvalue weighted by molar-refractivity contribution is 6.07. The molecule has 0 unspecified atom stereocenters. The largest absolute Gasteiger partial charge is 0.396 e. The Balaban J connectivity index is 2.22. The smallest absolute Gasteiger partial charge is 0.123 e. The summed E-state index contributed by atoms with van der Waals surface area (Å²) in [5.74, 6) is -0.240. The van der Waals surface area contributed by atoms with Gasteiger partial charge in [0.25, 0.3) is 0 Å². The molecular weight excluding hydrogens is 253 g/mol. The van der Waals surface area contributed by atoms with Crippen LogP contribution in [0.5, 0.6) is 0 Å². The standard InChI is InChI=1S/C17H16FNO/c1-11-14(6-8-20)16-9-13(18)4-5-15(16)17(11)12-3-2-7-19-10-12/h2,4-5,7,9-10,20H,3,6,8H2,1H3. The lowest BCUT2D eigenvalue weighted by molar-refractivity contribution is 0.305. The predicted molar refractivity (Wildman–Crippen MR) is 79.9 cm³/mol. The number of rotatable bonds is 2. The normalized spacial score (nSPS) is 20.8. The first-order chi connectivity index (χ1) is 9.72. The van der Waals surface area contributed by atoms with Crippen LogP contribution in [0.1, 0.15) is 30.9 Å². The molecule has 3 heteroatoms. The van der Waals surface area contributed by atoms with Crippen molar-refractivity contribution in [2.24, 2.45) is 4.99 Å². The van der Waals surface area contributed by atoms with E-state index in [0.717, 1.165) is 39.8 Å². The fourth-order valence-electron chi connectivity index (χ4n) is 2.98. The van der Waals surface area contributed by atoms with Gasteiger partial charge >= 0.3 is 0 Å². The highest BCUT2D eigenvalue weighted by Gasteiger charge is 2.25. The third-order valence-electron chi connectivity index (χ3n) is 3.85. The Kier molecular flexibility index (Phi) is 3.36. The molecule has 0 fully saturated rings. The van der Waals surface area contributed by atoms with Crippen LogP contribution in [-0.2, 0) is 0 Å². The van der Waals surface area contributed by atoms with Crippen molar-refractivity contribution in [3.63, 3.8) is 0 Å². The highest BCUT2D eigenvalue weighted by Crippen LogP contribution is 2.44. The summed E-state index contributed by atoms with van der Waals surface area (Å²) in [6.45, 7) is 2.11. The van der Waals surface area contributed by atoms with Gasteiger partial charge in [-0.2, -0.15) is 0 Å². The number of halogens is 1. The van der Waals surface area contributed by atoms with Crippen LogP contribution in [0.15, 0.2) is 46.6 Å². The number of benzene rings is 1. The SMILES string of the molecule is CC1=C(CCO)c2cc(F)ccc2C1=C1C=NC=CC1. The van der Waals surface area contributed by atoms with Crippen molar-refractivity contribution < 1.29 is 9.50 Å². The van der Waals surface area contributed by atoms with E-state index < -0.39 is 0 Å². The molecule has 1 aromatic carbocycles. The lowest BCUT2D eigenvalue weighted by Crippen LogP contribution is -1.95. The Morgan fingerprint density at radius 3 is 2.85 bits per heavy atom. The van der Waals surface area contributed by atoms with Gasteiger partial charge in [-0.25, -0.2) is 4.39 Å². The molecule has 2 nitrogen and oxygen atoms in total. The van der Waals surface area contributed by atoms with Crippen molar-refractivity contribution in [2.45, 2.75) is 19.8 Å². The van der Waals surface area contributed by atoms with Gasteiger partial charge in [0.15, 0.2) is 0 Å². The van der Waals surface area contributed by atoms with Gasteiger partial charge in [0.1, 0.15) is 5.82 Å². The number of hydrogen-bond donors (Lipinski definition) is 1. The van der Waals surface area contributed by atoms with E-state index in [1.807, 2.05) is 25.3 Å². The minimum absolute atomic E-state index is 0.0687. The summed E-state index contributed by atoms with van der Waals surface area (Å²) in [6.07, 6.45) is 7.06.